The van der Waals surface area contributed by atoms with E-state index in [1.54, 1.807) is 6.92 Å². The van der Waals surface area contributed by atoms with Gasteiger partial charge in [-0.1, -0.05) is 43.7 Å². The van der Waals surface area contributed by atoms with Crippen LogP contribution < -0.4 is 21.9 Å². The maximum Gasteiger partial charge on any atom is 0.330 e. The molecule has 1 aromatic carbocycles. The van der Waals surface area contributed by atoms with Crippen molar-refractivity contribution < 1.29 is 9.53 Å². The predicted molar refractivity (Wildman–Crippen MR) is 129 cm³/mol. The van der Waals surface area contributed by atoms with Crippen LogP contribution in [0.15, 0.2) is 39.9 Å². The van der Waals surface area contributed by atoms with Crippen LogP contribution in [0, 0.1) is 0 Å². The Kier molecular flexibility index (Phi) is 8.85. The quantitative estimate of drug-likeness (QED) is 0.533. The number of carbonyl (C=O) groups is 1. The molecule has 1 aliphatic heterocycles. The summed E-state index contributed by atoms with van der Waals surface area (Å²) >= 11 is 0. The lowest BCUT2D eigenvalue weighted by molar-refractivity contribution is -0.120. The molecule has 1 saturated heterocycles. The van der Waals surface area contributed by atoms with Crippen LogP contribution in [-0.4, -0.2) is 52.7 Å². The Balaban J connectivity index is 1.85. The molecule has 180 valence electrons. The first-order chi connectivity index (χ1) is 15.9. The van der Waals surface area contributed by atoms with Crippen LogP contribution in [0.3, 0.4) is 0 Å². The molecular formula is C24H35N5O4. The van der Waals surface area contributed by atoms with Gasteiger partial charge < -0.3 is 15.4 Å². The number of nitrogens with zero attached hydrogens (tertiary/aromatic N) is 3. The second kappa shape index (κ2) is 11.8. The Morgan fingerprint density at radius 3 is 2.64 bits per heavy atom. The second-order valence-corrected chi connectivity index (χ2v) is 8.43. The van der Waals surface area contributed by atoms with Crippen LogP contribution in [0.25, 0.3) is 0 Å². The van der Waals surface area contributed by atoms with Crippen LogP contribution in [-0.2, 0) is 22.6 Å². The standard InChI is InChI=1S/C24H35N5O4/c1-3-5-13-29-22(25)21(23(31)26-24(29)32)28(4-2)20(30)17-27(16-19-12-9-14-33-19)15-18-10-7-6-8-11-18/h6-8,10-11,19H,3-5,9,12-17,25H2,1-2H3,(H,26,31,32). The van der Waals surface area contributed by atoms with Gasteiger partial charge in [-0.15, -0.1) is 0 Å². The van der Waals surface area contributed by atoms with Gasteiger partial charge in [0.2, 0.25) is 5.91 Å². The molecule has 33 heavy (non-hydrogen) atoms. The summed E-state index contributed by atoms with van der Waals surface area (Å²) in [5.74, 6) is -0.217. The van der Waals surface area contributed by atoms with E-state index in [1.165, 1.54) is 9.47 Å². The number of amides is 1. The molecule has 2 heterocycles. The molecule has 1 amide bonds. The first-order valence-corrected chi connectivity index (χ1v) is 11.7. The number of hydrogen-bond acceptors (Lipinski definition) is 6. The molecule has 0 bridgehead atoms. The fourth-order valence-corrected chi connectivity index (χ4v) is 4.22. The fourth-order valence-electron chi connectivity index (χ4n) is 4.22. The van der Waals surface area contributed by atoms with Crippen molar-refractivity contribution in [1.82, 2.24) is 14.5 Å². The zero-order valence-electron chi connectivity index (χ0n) is 19.6. The number of carbonyl (C=O) groups excluding carboxylic acids is 1. The third-order valence-corrected chi connectivity index (χ3v) is 5.93. The number of anilines is 2. The molecule has 1 aliphatic rings. The van der Waals surface area contributed by atoms with Gasteiger partial charge in [0.25, 0.3) is 5.56 Å². The van der Waals surface area contributed by atoms with Crippen molar-refractivity contribution >= 4 is 17.4 Å². The number of aromatic amines is 1. The van der Waals surface area contributed by atoms with E-state index in [-0.39, 0.29) is 36.6 Å². The van der Waals surface area contributed by atoms with E-state index in [2.05, 4.69) is 4.98 Å². The summed E-state index contributed by atoms with van der Waals surface area (Å²) in [7, 11) is 0. The topological polar surface area (TPSA) is 114 Å². The van der Waals surface area contributed by atoms with Gasteiger partial charge in [-0.3, -0.25) is 24.0 Å². The molecule has 1 fully saturated rings. The van der Waals surface area contributed by atoms with Crippen molar-refractivity contribution in [2.24, 2.45) is 0 Å². The minimum atomic E-state index is -0.644. The highest BCUT2D eigenvalue weighted by Gasteiger charge is 2.26. The highest BCUT2D eigenvalue weighted by molar-refractivity contribution is 5.96. The Morgan fingerprint density at radius 1 is 1.24 bits per heavy atom. The van der Waals surface area contributed by atoms with E-state index >= 15 is 0 Å². The van der Waals surface area contributed by atoms with E-state index < -0.39 is 11.2 Å². The smallest absolute Gasteiger partial charge is 0.330 e. The molecule has 3 N–H and O–H groups in total. The summed E-state index contributed by atoms with van der Waals surface area (Å²) in [6.07, 6.45) is 3.67. The highest BCUT2D eigenvalue weighted by Crippen LogP contribution is 2.19. The summed E-state index contributed by atoms with van der Waals surface area (Å²) in [5.41, 5.74) is 6.18. The molecule has 2 aromatic rings. The number of rotatable bonds is 11. The summed E-state index contributed by atoms with van der Waals surface area (Å²) in [5, 5.41) is 0. The number of hydrogen-bond donors (Lipinski definition) is 2. The van der Waals surface area contributed by atoms with Gasteiger partial charge >= 0.3 is 5.69 Å². The molecule has 0 saturated carbocycles. The van der Waals surface area contributed by atoms with Crippen LogP contribution in [0.5, 0.6) is 0 Å². The summed E-state index contributed by atoms with van der Waals surface area (Å²) in [6.45, 7) is 6.50. The van der Waals surface area contributed by atoms with Crippen molar-refractivity contribution in [1.29, 1.82) is 0 Å². The lowest BCUT2D eigenvalue weighted by atomic mass is 10.1. The summed E-state index contributed by atoms with van der Waals surface area (Å²) in [4.78, 5) is 44.1. The Morgan fingerprint density at radius 2 is 2.00 bits per heavy atom. The Labute approximate surface area is 194 Å². The molecule has 9 nitrogen and oxygen atoms in total. The number of nitrogen functional groups attached to an aromatic ring is 1. The van der Waals surface area contributed by atoms with Crippen molar-refractivity contribution in [2.45, 2.75) is 58.7 Å². The Bertz CT molecular complexity index is 1030. The van der Waals surface area contributed by atoms with Gasteiger partial charge in [-0.25, -0.2) is 4.79 Å². The third-order valence-electron chi connectivity index (χ3n) is 5.93. The number of aromatic nitrogens is 2. The minimum Gasteiger partial charge on any atom is -0.383 e. The fraction of sp³-hybridized carbons (Fsp3) is 0.542. The largest absolute Gasteiger partial charge is 0.383 e. The van der Waals surface area contributed by atoms with Crippen molar-refractivity contribution in [3.8, 4) is 0 Å². The van der Waals surface area contributed by atoms with Crippen LogP contribution in [0.2, 0.25) is 0 Å². The zero-order valence-corrected chi connectivity index (χ0v) is 19.6. The monoisotopic (exact) mass is 457 g/mol. The zero-order chi connectivity index (χ0) is 23.8. The molecule has 0 aliphatic carbocycles. The van der Waals surface area contributed by atoms with E-state index in [0.29, 0.717) is 19.6 Å². The SMILES string of the molecule is CCCCn1c(N)c(N(CC)C(=O)CN(Cc2ccccc2)CC2CCCO2)c(=O)[nH]c1=O. The Hall–Kier alpha value is -2.91. The van der Waals surface area contributed by atoms with Crippen molar-refractivity contribution in [3.63, 3.8) is 0 Å². The van der Waals surface area contributed by atoms with Gasteiger partial charge in [0.1, 0.15) is 5.82 Å². The number of likely N-dealkylation sites (N-methyl/N-ethyl adjacent to an activating group) is 1. The maximum absolute atomic E-state index is 13.4. The van der Waals surface area contributed by atoms with Gasteiger partial charge in [0.05, 0.1) is 12.6 Å². The second-order valence-electron chi connectivity index (χ2n) is 8.43. The van der Waals surface area contributed by atoms with Gasteiger partial charge in [-0.2, -0.15) is 0 Å². The van der Waals surface area contributed by atoms with E-state index in [4.69, 9.17) is 10.5 Å². The van der Waals surface area contributed by atoms with Gasteiger partial charge in [-0.05, 0) is 31.7 Å². The molecular weight excluding hydrogens is 422 g/mol. The maximum atomic E-state index is 13.4. The molecule has 3 rings (SSSR count). The highest BCUT2D eigenvalue weighted by atomic mass is 16.5. The number of nitrogens with two attached hydrogens (primary N) is 1. The number of benzene rings is 1. The molecule has 1 atom stereocenters. The number of nitrogens with one attached hydrogen (secondary N) is 1. The molecule has 1 aromatic heterocycles. The van der Waals surface area contributed by atoms with E-state index in [0.717, 1.165) is 37.9 Å². The first kappa shape index (κ1) is 24.7. The van der Waals surface area contributed by atoms with Crippen LogP contribution in [0.4, 0.5) is 11.5 Å². The van der Waals surface area contributed by atoms with Gasteiger partial charge in [0, 0.05) is 32.8 Å². The minimum absolute atomic E-state index is 0.0288. The molecule has 0 spiro atoms. The van der Waals surface area contributed by atoms with Crippen molar-refractivity contribution in [2.75, 3.05) is 36.9 Å². The number of ether oxygens (including phenoxy) is 1. The van der Waals surface area contributed by atoms with Gasteiger partial charge in [0.15, 0.2) is 5.69 Å². The normalized spacial score (nSPS) is 15.8. The van der Waals surface area contributed by atoms with Crippen molar-refractivity contribution in [3.05, 3.63) is 56.7 Å². The third kappa shape index (κ3) is 6.33. The molecule has 9 heteroatoms. The molecule has 0 radical (unpaired) electrons. The lowest BCUT2D eigenvalue weighted by Gasteiger charge is -2.29. The number of H-pyrrole nitrogens is 1. The predicted octanol–water partition coefficient (Wildman–Crippen LogP) is 1.95. The lowest BCUT2D eigenvalue weighted by Crippen LogP contribution is -2.46. The number of unbranched alkanes of at least 4 members (excludes halogenated alkanes) is 1. The van der Waals surface area contributed by atoms with Crippen LogP contribution >= 0.6 is 0 Å². The van der Waals surface area contributed by atoms with Crippen LogP contribution in [0.1, 0.15) is 45.1 Å². The van der Waals surface area contributed by atoms with E-state index in [9.17, 15) is 14.4 Å². The molecule has 1 unspecified atom stereocenters. The summed E-state index contributed by atoms with van der Waals surface area (Å²) < 4.78 is 7.14. The first-order valence-electron chi connectivity index (χ1n) is 11.7. The average Bonchev–Trinajstić information content (AvgIpc) is 3.30. The van der Waals surface area contributed by atoms with E-state index in [1.807, 2.05) is 42.2 Å². The average molecular weight is 458 g/mol. The summed E-state index contributed by atoms with van der Waals surface area (Å²) in [6, 6.07) is 9.95.